The lowest BCUT2D eigenvalue weighted by molar-refractivity contribution is 0.951. The molecule has 3 heteroatoms. The fourth-order valence-electron chi connectivity index (χ4n) is 0.887. The predicted molar refractivity (Wildman–Crippen MR) is 64.0 cm³/mol. The molecule has 1 unspecified atom stereocenters. The van der Waals surface area contributed by atoms with E-state index in [-0.39, 0.29) is 0 Å². The van der Waals surface area contributed by atoms with Crippen LogP contribution in [-0.2, 0) is 5.75 Å². The first-order valence-electron chi connectivity index (χ1n) is 4.28. The van der Waals surface area contributed by atoms with Crippen molar-refractivity contribution in [3.63, 3.8) is 0 Å². The third kappa shape index (κ3) is 4.16. The van der Waals surface area contributed by atoms with Crippen LogP contribution in [0.5, 0.6) is 0 Å². The van der Waals surface area contributed by atoms with Crippen LogP contribution in [-0.4, -0.2) is 11.8 Å². The van der Waals surface area contributed by atoms with Crippen molar-refractivity contribution in [2.24, 2.45) is 5.73 Å². The predicted octanol–water partition coefficient (Wildman–Crippen LogP) is 3.03. The Hall–Kier alpha value is 0.01000. The smallest absolute Gasteiger partial charge is 0.0187 e. The van der Waals surface area contributed by atoms with Crippen LogP contribution < -0.4 is 5.73 Å². The first-order valence-corrected chi connectivity index (χ1v) is 6.12. The molecular formula is C10H14BrNS. The second kappa shape index (κ2) is 5.68. The highest BCUT2D eigenvalue weighted by molar-refractivity contribution is 9.10. The van der Waals surface area contributed by atoms with Crippen LogP contribution in [0.25, 0.3) is 0 Å². The highest BCUT2D eigenvalue weighted by Gasteiger charge is 1.99. The van der Waals surface area contributed by atoms with Crippen LogP contribution in [0.1, 0.15) is 12.5 Å². The largest absolute Gasteiger partial charge is 0.329 e. The molecule has 0 aromatic heterocycles. The van der Waals surface area contributed by atoms with Gasteiger partial charge in [-0.25, -0.2) is 0 Å². The summed E-state index contributed by atoms with van der Waals surface area (Å²) < 4.78 is 1.13. The van der Waals surface area contributed by atoms with Crippen LogP contribution in [0.4, 0.5) is 0 Å². The van der Waals surface area contributed by atoms with E-state index in [9.17, 15) is 0 Å². The molecule has 2 N–H and O–H groups in total. The zero-order chi connectivity index (χ0) is 9.68. The zero-order valence-corrected chi connectivity index (χ0v) is 10.1. The van der Waals surface area contributed by atoms with Crippen molar-refractivity contribution in [2.45, 2.75) is 17.9 Å². The van der Waals surface area contributed by atoms with Crippen LogP contribution in [0.2, 0.25) is 0 Å². The van der Waals surface area contributed by atoms with Crippen LogP contribution in [0.3, 0.4) is 0 Å². The summed E-state index contributed by atoms with van der Waals surface area (Å²) in [5, 5.41) is 0.545. The minimum absolute atomic E-state index is 0.545. The Morgan fingerprint density at radius 1 is 1.38 bits per heavy atom. The van der Waals surface area contributed by atoms with E-state index < -0.39 is 0 Å². The molecule has 0 amide bonds. The van der Waals surface area contributed by atoms with E-state index in [0.717, 1.165) is 16.8 Å². The average molecular weight is 260 g/mol. The normalized spacial score (nSPS) is 12.8. The molecule has 0 fully saturated rings. The minimum atomic E-state index is 0.545. The zero-order valence-electron chi connectivity index (χ0n) is 7.66. The van der Waals surface area contributed by atoms with Crippen molar-refractivity contribution in [1.29, 1.82) is 0 Å². The summed E-state index contributed by atoms with van der Waals surface area (Å²) in [5.41, 5.74) is 6.89. The summed E-state index contributed by atoms with van der Waals surface area (Å²) in [4.78, 5) is 0. The summed E-state index contributed by atoms with van der Waals surface area (Å²) in [6, 6.07) is 8.42. The summed E-state index contributed by atoms with van der Waals surface area (Å²) in [7, 11) is 0. The van der Waals surface area contributed by atoms with Gasteiger partial charge >= 0.3 is 0 Å². The van der Waals surface area contributed by atoms with E-state index in [1.54, 1.807) is 0 Å². The number of hydrogen-bond donors (Lipinski definition) is 1. The van der Waals surface area contributed by atoms with Crippen molar-refractivity contribution in [2.75, 3.05) is 6.54 Å². The number of nitrogens with two attached hydrogens (primary N) is 1. The van der Waals surface area contributed by atoms with Crippen LogP contribution >= 0.6 is 27.7 Å². The Bertz CT molecular complexity index is 248. The van der Waals surface area contributed by atoms with Gasteiger partial charge in [-0.15, -0.1) is 0 Å². The molecule has 1 aromatic rings. The molecule has 0 heterocycles. The minimum Gasteiger partial charge on any atom is -0.329 e. The summed E-state index contributed by atoms with van der Waals surface area (Å²) in [6.45, 7) is 2.91. The van der Waals surface area contributed by atoms with E-state index in [4.69, 9.17) is 5.73 Å². The van der Waals surface area contributed by atoms with E-state index in [0.29, 0.717) is 5.25 Å². The Kier molecular flexibility index (Phi) is 4.84. The van der Waals surface area contributed by atoms with Gasteiger partial charge in [-0.3, -0.25) is 0 Å². The molecule has 0 spiro atoms. The Labute approximate surface area is 92.2 Å². The quantitative estimate of drug-likeness (QED) is 0.900. The number of halogens is 1. The SMILES string of the molecule is CC(CN)SCc1ccc(Br)cc1. The topological polar surface area (TPSA) is 26.0 Å². The van der Waals surface area contributed by atoms with E-state index >= 15 is 0 Å². The molecule has 0 aliphatic heterocycles. The molecule has 0 aliphatic rings. The Morgan fingerprint density at radius 3 is 2.54 bits per heavy atom. The average Bonchev–Trinajstić information content (AvgIpc) is 2.16. The van der Waals surface area contributed by atoms with Crippen molar-refractivity contribution in [3.8, 4) is 0 Å². The van der Waals surface area contributed by atoms with Gasteiger partial charge in [-0.2, -0.15) is 11.8 Å². The summed E-state index contributed by atoms with van der Waals surface area (Å²) in [5.74, 6) is 1.05. The maximum absolute atomic E-state index is 5.53. The first kappa shape index (κ1) is 11.1. The monoisotopic (exact) mass is 259 g/mol. The van der Waals surface area contributed by atoms with Crippen LogP contribution in [0.15, 0.2) is 28.7 Å². The third-order valence-electron chi connectivity index (χ3n) is 1.78. The Balaban J connectivity index is 2.41. The number of rotatable bonds is 4. The van der Waals surface area contributed by atoms with Gasteiger partial charge in [-0.05, 0) is 17.7 Å². The lowest BCUT2D eigenvalue weighted by Crippen LogP contribution is -2.12. The highest BCUT2D eigenvalue weighted by Crippen LogP contribution is 2.18. The molecule has 1 atom stereocenters. The van der Waals surface area contributed by atoms with Crippen molar-refractivity contribution >= 4 is 27.7 Å². The van der Waals surface area contributed by atoms with Gasteiger partial charge < -0.3 is 5.73 Å². The standard InChI is InChI=1S/C10H14BrNS/c1-8(6-12)13-7-9-2-4-10(11)5-3-9/h2-5,8H,6-7,12H2,1H3. The highest BCUT2D eigenvalue weighted by atomic mass is 79.9. The van der Waals surface area contributed by atoms with Crippen molar-refractivity contribution in [3.05, 3.63) is 34.3 Å². The van der Waals surface area contributed by atoms with Gasteiger partial charge in [0.2, 0.25) is 0 Å². The maximum atomic E-state index is 5.53. The lowest BCUT2D eigenvalue weighted by Gasteiger charge is -2.07. The van der Waals surface area contributed by atoms with E-state index in [2.05, 4.69) is 47.1 Å². The number of benzene rings is 1. The fourth-order valence-corrected chi connectivity index (χ4v) is 1.96. The van der Waals surface area contributed by atoms with Gasteiger partial charge in [0, 0.05) is 22.0 Å². The molecule has 1 aromatic carbocycles. The summed E-state index contributed by atoms with van der Waals surface area (Å²) >= 11 is 5.31. The molecule has 0 radical (unpaired) electrons. The second-order valence-corrected chi connectivity index (χ2v) is 5.33. The number of thioether (sulfide) groups is 1. The fraction of sp³-hybridized carbons (Fsp3) is 0.400. The van der Waals surface area contributed by atoms with Gasteiger partial charge in [0.15, 0.2) is 0 Å². The molecule has 0 saturated carbocycles. The summed E-state index contributed by atoms with van der Waals surface area (Å²) in [6.07, 6.45) is 0. The third-order valence-corrected chi connectivity index (χ3v) is 3.57. The molecule has 13 heavy (non-hydrogen) atoms. The molecular weight excluding hydrogens is 246 g/mol. The van der Waals surface area contributed by atoms with Gasteiger partial charge in [-0.1, -0.05) is 35.0 Å². The van der Waals surface area contributed by atoms with Crippen LogP contribution in [0, 0.1) is 0 Å². The van der Waals surface area contributed by atoms with E-state index in [1.165, 1.54) is 5.56 Å². The molecule has 0 aliphatic carbocycles. The molecule has 1 rings (SSSR count). The van der Waals surface area contributed by atoms with E-state index in [1.807, 2.05) is 11.8 Å². The molecule has 72 valence electrons. The number of hydrogen-bond acceptors (Lipinski definition) is 2. The van der Waals surface area contributed by atoms with Gasteiger partial charge in [0.05, 0.1) is 0 Å². The Morgan fingerprint density at radius 2 is 2.00 bits per heavy atom. The first-order chi connectivity index (χ1) is 6.22. The van der Waals surface area contributed by atoms with Crippen molar-refractivity contribution < 1.29 is 0 Å². The van der Waals surface area contributed by atoms with Gasteiger partial charge in [0.1, 0.15) is 0 Å². The molecule has 0 bridgehead atoms. The molecule has 1 nitrogen and oxygen atoms in total. The maximum Gasteiger partial charge on any atom is 0.0187 e. The lowest BCUT2D eigenvalue weighted by atomic mass is 10.2. The van der Waals surface area contributed by atoms with Crippen molar-refractivity contribution in [1.82, 2.24) is 0 Å². The second-order valence-electron chi connectivity index (χ2n) is 2.98. The molecule has 0 saturated heterocycles. The van der Waals surface area contributed by atoms with Gasteiger partial charge in [0.25, 0.3) is 0 Å².